The molecule has 2 rings (SSSR count). The van der Waals surface area contributed by atoms with Gasteiger partial charge in [0.1, 0.15) is 12.2 Å². The van der Waals surface area contributed by atoms with E-state index in [0.717, 1.165) is 11.1 Å². The number of hydrogen-bond acceptors (Lipinski definition) is 3. The third-order valence-electron chi connectivity index (χ3n) is 2.37. The summed E-state index contributed by atoms with van der Waals surface area (Å²) in [6.07, 6.45) is -1.68. The van der Waals surface area contributed by atoms with Crippen LogP contribution in [0.3, 0.4) is 0 Å². The summed E-state index contributed by atoms with van der Waals surface area (Å²) in [5, 5.41) is 18.9. The highest BCUT2D eigenvalue weighted by Gasteiger charge is 2.35. The van der Waals surface area contributed by atoms with E-state index in [4.69, 9.17) is 5.73 Å². The van der Waals surface area contributed by atoms with E-state index in [2.05, 4.69) is 0 Å². The fraction of sp³-hybridized carbons (Fsp3) is 0.333. The number of hydrogen-bond donors (Lipinski definition) is 3. The zero-order valence-corrected chi connectivity index (χ0v) is 6.51. The van der Waals surface area contributed by atoms with Crippen LogP contribution in [0.5, 0.6) is 0 Å². The van der Waals surface area contributed by atoms with Gasteiger partial charge in [0.15, 0.2) is 0 Å². The van der Waals surface area contributed by atoms with Gasteiger partial charge in [-0.1, -0.05) is 24.3 Å². The zero-order valence-electron chi connectivity index (χ0n) is 6.51. The largest absolute Gasteiger partial charge is 0.388 e. The summed E-state index contributed by atoms with van der Waals surface area (Å²) in [7, 11) is 0. The SMILES string of the molecule is N[C@@H]1c2ccccc2[C@H](O)[C@H]1O. The molecule has 0 radical (unpaired) electrons. The molecule has 4 N–H and O–H groups in total. The molecule has 1 aromatic carbocycles. The monoisotopic (exact) mass is 165 g/mol. The summed E-state index contributed by atoms with van der Waals surface area (Å²) < 4.78 is 0. The summed E-state index contributed by atoms with van der Waals surface area (Å²) >= 11 is 0. The Morgan fingerprint density at radius 1 is 1.08 bits per heavy atom. The highest BCUT2D eigenvalue weighted by Crippen LogP contribution is 2.36. The van der Waals surface area contributed by atoms with Crippen LogP contribution in [-0.4, -0.2) is 16.3 Å². The van der Waals surface area contributed by atoms with E-state index in [1.807, 2.05) is 18.2 Å². The van der Waals surface area contributed by atoms with Crippen LogP contribution in [0, 0.1) is 0 Å². The Hall–Kier alpha value is -0.900. The average Bonchev–Trinajstić information content (AvgIpc) is 2.33. The number of aliphatic hydroxyl groups is 2. The van der Waals surface area contributed by atoms with Crippen molar-refractivity contribution in [2.24, 2.45) is 5.73 Å². The first-order chi connectivity index (χ1) is 5.72. The molecule has 0 aromatic heterocycles. The van der Waals surface area contributed by atoms with Crippen molar-refractivity contribution in [2.75, 3.05) is 0 Å². The predicted molar refractivity (Wildman–Crippen MR) is 44.3 cm³/mol. The first-order valence-corrected chi connectivity index (χ1v) is 3.92. The van der Waals surface area contributed by atoms with Crippen LogP contribution < -0.4 is 5.73 Å². The van der Waals surface area contributed by atoms with Crippen LogP contribution in [0.25, 0.3) is 0 Å². The topological polar surface area (TPSA) is 66.5 Å². The molecule has 1 aliphatic carbocycles. The molecule has 0 unspecified atom stereocenters. The lowest BCUT2D eigenvalue weighted by atomic mass is 10.1. The molecule has 0 saturated carbocycles. The predicted octanol–water partition coefficient (Wildman–Crippen LogP) is 0.0943. The minimum Gasteiger partial charge on any atom is -0.388 e. The molecule has 0 heterocycles. The van der Waals surface area contributed by atoms with Crippen molar-refractivity contribution in [3.63, 3.8) is 0 Å². The minimum atomic E-state index is -0.859. The van der Waals surface area contributed by atoms with Crippen molar-refractivity contribution < 1.29 is 10.2 Å². The van der Waals surface area contributed by atoms with E-state index in [1.54, 1.807) is 6.07 Å². The van der Waals surface area contributed by atoms with E-state index < -0.39 is 18.2 Å². The normalized spacial score (nSPS) is 33.4. The van der Waals surface area contributed by atoms with Gasteiger partial charge in [-0.2, -0.15) is 0 Å². The molecule has 0 saturated heterocycles. The van der Waals surface area contributed by atoms with Gasteiger partial charge < -0.3 is 15.9 Å². The first-order valence-electron chi connectivity index (χ1n) is 3.92. The summed E-state index contributed by atoms with van der Waals surface area (Å²) in [4.78, 5) is 0. The van der Waals surface area contributed by atoms with Crippen LogP contribution in [0.2, 0.25) is 0 Å². The quantitative estimate of drug-likeness (QED) is 0.510. The molecule has 0 bridgehead atoms. The van der Waals surface area contributed by atoms with E-state index >= 15 is 0 Å². The average molecular weight is 165 g/mol. The van der Waals surface area contributed by atoms with Crippen molar-refractivity contribution in [3.8, 4) is 0 Å². The van der Waals surface area contributed by atoms with Crippen molar-refractivity contribution in [3.05, 3.63) is 35.4 Å². The molecule has 0 aliphatic heterocycles. The maximum atomic E-state index is 9.49. The highest BCUT2D eigenvalue weighted by atomic mass is 16.3. The lowest BCUT2D eigenvalue weighted by Crippen LogP contribution is -2.24. The molecule has 3 atom stereocenters. The summed E-state index contributed by atoms with van der Waals surface area (Å²) in [5.41, 5.74) is 7.26. The Morgan fingerprint density at radius 3 is 2.25 bits per heavy atom. The van der Waals surface area contributed by atoms with Crippen LogP contribution >= 0.6 is 0 Å². The summed E-state index contributed by atoms with van der Waals surface area (Å²) in [5.74, 6) is 0. The smallest absolute Gasteiger partial charge is 0.107 e. The molecule has 3 nitrogen and oxygen atoms in total. The summed E-state index contributed by atoms with van der Waals surface area (Å²) in [6.45, 7) is 0. The Kier molecular flexibility index (Phi) is 1.65. The van der Waals surface area contributed by atoms with Crippen LogP contribution in [0.1, 0.15) is 23.3 Å². The minimum absolute atomic E-state index is 0.448. The molecule has 0 amide bonds. The maximum Gasteiger partial charge on any atom is 0.107 e. The lowest BCUT2D eigenvalue weighted by Gasteiger charge is -2.11. The van der Waals surface area contributed by atoms with E-state index in [0.29, 0.717) is 0 Å². The number of rotatable bonds is 0. The van der Waals surface area contributed by atoms with Crippen LogP contribution in [0.15, 0.2) is 24.3 Å². The lowest BCUT2D eigenvalue weighted by molar-refractivity contribution is 0.0181. The van der Waals surface area contributed by atoms with Crippen molar-refractivity contribution in [1.82, 2.24) is 0 Å². The molecular formula is C9H11NO2. The molecule has 12 heavy (non-hydrogen) atoms. The fourth-order valence-corrected chi connectivity index (χ4v) is 1.65. The van der Waals surface area contributed by atoms with Gasteiger partial charge in [-0.15, -0.1) is 0 Å². The van der Waals surface area contributed by atoms with E-state index in [-0.39, 0.29) is 0 Å². The van der Waals surface area contributed by atoms with Gasteiger partial charge in [0.25, 0.3) is 0 Å². The number of benzene rings is 1. The summed E-state index contributed by atoms with van der Waals surface area (Å²) in [6, 6.07) is 6.85. The third-order valence-corrected chi connectivity index (χ3v) is 2.37. The fourth-order valence-electron chi connectivity index (χ4n) is 1.65. The Morgan fingerprint density at radius 2 is 1.67 bits per heavy atom. The van der Waals surface area contributed by atoms with Gasteiger partial charge in [0, 0.05) is 0 Å². The Labute approximate surface area is 70.4 Å². The van der Waals surface area contributed by atoms with E-state index in [9.17, 15) is 10.2 Å². The molecule has 0 spiro atoms. The Bertz CT molecular complexity index is 271. The van der Waals surface area contributed by atoms with Crippen molar-refractivity contribution in [2.45, 2.75) is 18.2 Å². The molecule has 1 aliphatic rings. The maximum absolute atomic E-state index is 9.49. The number of nitrogens with two attached hydrogens (primary N) is 1. The second-order valence-electron chi connectivity index (χ2n) is 3.09. The zero-order chi connectivity index (χ0) is 8.72. The first kappa shape index (κ1) is 7.73. The van der Waals surface area contributed by atoms with Crippen molar-refractivity contribution >= 4 is 0 Å². The second-order valence-corrected chi connectivity index (χ2v) is 3.09. The van der Waals surface area contributed by atoms with Gasteiger partial charge in [-0.25, -0.2) is 0 Å². The molecule has 3 heteroatoms. The number of aliphatic hydroxyl groups excluding tert-OH is 2. The van der Waals surface area contributed by atoms with Crippen LogP contribution in [-0.2, 0) is 0 Å². The highest BCUT2D eigenvalue weighted by molar-refractivity contribution is 5.38. The van der Waals surface area contributed by atoms with Gasteiger partial charge in [0.05, 0.1) is 6.04 Å². The molecule has 64 valence electrons. The van der Waals surface area contributed by atoms with Gasteiger partial charge in [-0.3, -0.25) is 0 Å². The second kappa shape index (κ2) is 2.55. The Balaban J connectivity index is 2.52. The van der Waals surface area contributed by atoms with E-state index in [1.165, 1.54) is 0 Å². The van der Waals surface area contributed by atoms with Gasteiger partial charge >= 0.3 is 0 Å². The molecular weight excluding hydrogens is 154 g/mol. The van der Waals surface area contributed by atoms with Gasteiger partial charge in [-0.05, 0) is 11.1 Å². The standard InChI is InChI=1S/C9H11NO2/c10-7-5-3-1-2-4-6(5)8(11)9(7)12/h1-4,7-9,11-12H,10H2/t7-,8+,9+/m1/s1. The third kappa shape index (κ3) is 0.876. The molecule has 0 fully saturated rings. The molecule has 1 aromatic rings. The van der Waals surface area contributed by atoms with Crippen LogP contribution in [0.4, 0.5) is 0 Å². The van der Waals surface area contributed by atoms with Crippen molar-refractivity contribution in [1.29, 1.82) is 0 Å². The van der Waals surface area contributed by atoms with Gasteiger partial charge in [0.2, 0.25) is 0 Å². The number of fused-ring (bicyclic) bond motifs is 1.